The third-order valence-electron chi connectivity index (χ3n) is 3.48. The monoisotopic (exact) mass is 220 g/mol. The van der Waals surface area contributed by atoms with Crippen LogP contribution >= 0.6 is 0 Å². The quantitative estimate of drug-likeness (QED) is 0.416. The lowest BCUT2D eigenvalue weighted by atomic mass is 9.79. The highest BCUT2D eigenvalue weighted by atomic mass is 16.1. The topological polar surface area (TPSA) is 34.1 Å². The predicted octanol–water partition coefficient (Wildman–Crippen LogP) is 2.94. The number of hydrogen-bond donors (Lipinski definition) is 0. The van der Waals surface area contributed by atoms with Gasteiger partial charge in [-0.2, -0.15) is 0 Å². The summed E-state index contributed by atoms with van der Waals surface area (Å²) in [6.07, 6.45) is 6.99. The van der Waals surface area contributed by atoms with Crippen LogP contribution in [0.1, 0.15) is 34.1 Å². The Kier molecular flexibility index (Phi) is 3.84. The summed E-state index contributed by atoms with van der Waals surface area (Å²) in [5, 5.41) is 0. The molecule has 0 aromatic carbocycles. The van der Waals surface area contributed by atoms with Gasteiger partial charge in [0.1, 0.15) is 12.1 Å². The van der Waals surface area contributed by atoms with Crippen LogP contribution < -0.4 is 0 Å². The summed E-state index contributed by atoms with van der Waals surface area (Å²) in [6, 6.07) is 0. The summed E-state index contributed by atoms with van der Waals surface area (Å²) in [6.45, 7) is 8.13. The van der Waals surface area contributed by atoms with Gasteiger partial charge in [0.05, 0.1) is 0 Å². The Labute approximate surface area is 97.4 Å². The lowest BCUT2D eigenvalue weighted by Gasteiger charge is -2.25. The van der Waals surface area contributed by atoms with E-state index in [2.05, 4.69) is 19.9 Å². The van der Waals surface area contributed by atoms with E-state index in [0.717, 1.165) is 11.9 Å². The summed E-state index contributed by atoms with van der Waals surface area (Å²) >= 11 is 0. The van der Waals surface area contributed by atoms with Crippen molar-refractivity contribution in [3.8, 4) is 0 Å². The van der Waals surface area contributed by atoms with Crippen LogP contribution in [0.25, 0.3) is 0 Å². The van der Waals surface area contributed by atoms with Crippen molar-refractivity contribution < 1.29 is 9.59 Å². The molecule has 2 heteroatoms. The zero-order valence-electron chi connectivity index (χ0n) is 10.5. The van der Waals surface area contributed by atoms with E-state index in [9.17, 15) is 9.59 Å². The van der Waals surface area contributed by atoms with Gasteiger partial charge >= 0.3 is 0 Å². The first-order valence-electron chi connectivity index (χ1n) is 5.71. The molecular formula is C14H20O2. The molecule has 1 aliphatic rings. The van der Waals surface area contributed by atoms with E-state index in [0.29, 0.717) is 12.2 Å². The lowest BCUT2D eigenvalue weighted by molar-refractivity contribution is -0.120. The second-order valence-electron chi connectivity index (χ2n) is 5.35. The second kappa shape index (κ2) is 4.77. The molecule has 1 rings (SSSR count). The highest BCUT2D eigenvalue weighted by Gasteiger charge is 2.43. The molecule has 0 saturated heterocycles. The first kappa shape index (κ1) is 12.9. The smallest absolute Gasteiger partial charge is 0.143 e. The number of ketones is 1. The molecule has 1 fully saturated rings. The number of allylic oxidation sites excluding steroid dienone is 4. The van der Waals surface area contributed by atoms with E-state index in [-0.39, 0.29) is 17.3 Å². The van der Waals surface area contributed by atoms with Crippen LogP contribution in [0.3, 0.4) is 0 Å². The summed E-state index contributed by atoms with van der Waals surface area (Å²) in [5.41, 5.74) is 0.964. The highest BCUT2D eigenvalue weighted by molar-refractivity contribution is 5.84. The molecule has 0 spiro atoms. The Bertz CT molecular complexity index is 348. The minimum Gasteiger partial charge on any atom is -0.299 e. The van der Waals surface area contributed by atoms with Crippen molar-refractivity contribution >= 4 is 12.1 Å². The van der Waals surface area contributed by atoms with E-state index in [4.69, 9.17) is 0 Å². The fourth-order valence-electron chi connectivity index (χ4n) is 2.45. The van der Waals surface area contributed by atoms with E-state index < -0.39 is 0 Å². The zero-order valence-corrected chi connectivity index (χ0v) is 10.5. The van der Waals surface area contributed by atoms with Crippen LogP contribution in [0.4, 0.5) is 0 Å². The van der Waals surface area contributed by atoms with Crippen LogP contribution in [-0.4, -0.2) is 12.1 Å². The van der Waals surface area contributed by atoms with Gasteiger partial charge in [0, 0.05) is 12.3 Å². The van der Waals surface area contributed by atoms with Crippen LogP contribution in [0.5, 0.6) is 0 Å². The Hall–Kier alpha value is -1.18. The number of carbonyl (C=O) groups excluding carboxylic acids is 2. The van der Waals surface area contributed by atoms with E-state index in [1.54, 1.807) is 0 Å². The molecule has 0 heterocycles. The maximum atomic E-state index is 11.7. The molecule has 16 heavy (non-hydrogen) atoms. The standard InChI is InChI=1S/C14H20O2/c1-10(7-8-15)5-6-12-11(2)13(16)9-14(12,3)4/h5-8,11-12H,9H2,1-4H3. The molecule has 0 aromatic rings. The summed E-state index contributed by atoms with van der Waals surface area (Å²) < 4.78 is 0. The SMILES string of the molecule is CC(C=CC1C(C)C(=O)CC1(C)C)=CC=O. The van der Waals surface area contributed by atoms with Crippen molar-refractivity contribution in [3.05, 3.63) is 23.8 Å². The van der Waals surface area contributed by atoms with Crippen LogP contribution in [-0.2, 0) is 9.59 Å². The Morgan fingerprint density at radius 3 is 2.50 bits per heavy atom. The molecule has 88 valence electrons. The van der Waals surface area contributed by atoms with Gasteiger partial charge in [-0.05, 0) is 29.9 Å². The van der Waals surface area contributed by atoms with Gasteiger partial charge in [-0.3, -0.25) is 9.59 Å². The van der Waals surface area contributed by atoms with Crippen LogP contribution in [0.2, 0.25) is 0 Å². The molecule has 0 amide bonds. The van der Waals surface area contributed by atoms with Gasteiger partial charge in [-0.25, -0.2) is 0 Å². The molecule has 2 unspecified atom stereocenters. The predicted molar refractivity (Wildman–Crippen MR) is 65.0 cm³/mol. The van der Waals surface area contributed by atoms with Crippen molar-refractivity contribution in [1.29, 1.82) is 0 Å². The molecule has 2 atom stereocenters. The molecule has 2 nitrogen and oxygen atoms in total. The molecule has 0 aliphatic heterocycles. The molecule has 0 bridgehead atoms. The van der Waals surface area contributed by atoms with Crippen molar-refractivity contribution in [2.45, 2.75) is 34.1 Å². The van der Waals surface area contributed by atoms with Gasteiger partial charge in [0.2, 0.25) is 0 Å². The van der Waals surface area contributed by atoms with E-state index >= 15 is 0 Å². The number of hydrogen-bond acceptors (Lipinski definition) is 2. The van der Waals surface area contributed by atoms with Gasteiger partial charge < -0.3 is 0 Å². The molecule has 1 saturated carbocycles. The fraction of sp³-hybridized carbons (Fsp3) is 0.571. The average molecular weight is 220 g/mol. The molecule has 0 radical (unpaired) electrons. The number of Topliss-reactive ketones (excluding diaryl/α,β-unsaturated/α-hetero) is 1. The maximum Gasteiger partial charge on any atom is 0.143 e. The summed E-state index contributed by atoms with van der Waals surface area (Å²) in [7, 11) is 0. The first-order valence-corrected chi connectivity index (χ1v) is 5.71. The minimum absolute atomic E-state index is 0.0362. The van der Waals surface area contributed by atoms with E-state index in [1.165, 1.54) is 6.08 Å². The normalized spacial score (nSPS) is 30.0. The Morgan fingerprint density at radius 1 is 1.44 bits per heavy atom. The zero-order chi connectivity index (χ0) is 12.3. The van der Waals surface area contributed by atoms with E-state index in [1.807, 2.05) is 19.9 Å². The number of rotatable bonds is 3. The minimum atomic E-state index is 0.0362. The van der Waals surface area contributed by atoms with Crippen LogP contribution in [0, 0.1) is 17.3 Å². The van der Waals surface area contributed by atoms with Crippen molar-refractivity contribution in [1.82, 2.24) is 0 Å². The fourth-order valence-corrected chi connectivity index (χ4v) is 2.45. The maximum absolute atomic E-state index is 11.7. The number of aldehydes is 1. The van der Waals surface area contributed by atoms with Gasteiger partial charge in [-0.15, -0.1) is 0 Å². The summed E-state index contributed by atoms with van der Waals surface area (Å²) in [5.74, 6) is 0.710. The molecule has 1 aliphatic carbocycles. The Morgan fingerprint density at radius 2 is 2.06 bits per heavy atom. The third-order valence-corrected chi connectivity index (χ3v) is 3.48. The van der Waals surface area contributed by atoms with Gasteiger partial charge in [0.25, 0.3) is 0 Å². The van der Waals surface area contributed by atoms with Gasteiger partial charge in [0.15, 0.2) is 0 Å². The average Bonchev–Trinajstić information content (AvgIpc) is 2.34. The van der Waals surface area contributed by atoms with Crippen molar-refractivity contribution in [2.75, 3.05) is 0 Å². The van der Waals surface area contributed by atoms with Crippen LogP contribution in [0.15, 0.2) is 23.8 Å². The summed E-state index contributed by atoms with van der Waals surface area (Å²) in [4.78, 5) is 22.0. The van der Waals surface area contributed by atoms with Gasteiger partial charge in [-0.1, -0.05) is 32.9 Å². The second-order valence-corrected chi connectivity index (χ2v) is 5.35. The lowest BCUT2D eigenvalue weighted by Crippen LogP contribution is -2.19. The number of carbonyl (C=O) groups is 2. The third kappa shape index (κ3) is 2.69. The Balaban J connectivity index is 2.84. The largest absolute Gasteiger partial charge is 0.299 e. The highest BCUT2D eigenvalue weighted by Crippen LogP contribution is 2.44. The molecule has 0 N–H and O–H groups in total. The van der Waals surface area contributed by atoms with Crippen molar-refractivity contribution in [3.63, 3.8) is 0 Å². The first-order chi connectivity index (χ1) is 7.38. The van der Waals surface area contributed by atoms with Crippen molar-refractivity contribution in [2.24, 2.45) is 17.3 Å². The molecule has 0 aromatic heterocycles. The molecular weight excluding hydrogens is 200 g/mol.